The molecule has 0 fully saturated rings. The zero-order valence-corrected chi connectivity index (χ0v) is 13.1. The molecular formula is C18H18N4O2. The zero-order valence-electron chi connectivity index (χ0n) is 13.1. The molecule has 0 saturated carbocycles. The van der Waals surface area contributed by atoms with Gasteiger partial charge in [-0.25, -0.2) is 4.98 Å². The normalized spacial score (nSPS) is 10.5. The summed E-state index contributed by atoms with van der Waals surface area (Å²) in [5.41, 5.74) is 2.70. The van der Waals surface area contributed by atoms with Crippen molar-refractivity contribution in [3.8, 4) is 0 Å². The van der Waals surface area contributed by atoms with Crippen LogP contribution >= 0.6 is 0 Å². The molecule has 24 heavy (non-hydrogen) atoms. The van der Waals surface area contributed by atoms with E-state index in [9.17, 15) is 9.59 Å². The molecule has 3 N–H and O–H groups in total. The Morgan fingerprint density at radius 2 is 1.67 bits per heavy atom. The maximum absolute atomic E-state index is 11.8. The summed E-state index contributed by atoms with van der Waals surface area (Å²) in [5, 5.41) is 5.34. The van der Waals surface area contributed by atoms with Gasteiger partial charge in [-0.15, -0.1) is 0 Å². The quantitative estimate of drug-likeness (QED) is 0.643. The number of carbonyl (C=O) groups is 2. The smallest absolute Gasteiger partial charge is 0.239 e. The SMILES string of the molecule is O=C(CNC(=O)Cc1ccccc1)NCc1nc2ccccc2[nH]1. The van der Waals surface area contributed by atoms with Gasteiger partial charge < -0.3 is 15.6 Å². The fourth-order valence-corrected chi connectivity index (χ4v) is 2.36. The van der Waals surface area contributed by atoms with E-state index in [2.05, 4.69) is 20.6 Å². The van der Waals surface area contributed by atoms with E-state index in [0.717, 1.165) is 16.6 Å². The summed E-state index contributed by atoms with van der Waals surface area (Å²) in [5.74, 6) is 0.247. The largest absolute Gasteiger partial charge is 0.347 e. The number of para-hydroxylation sites is 2. The molecular weight excluding hydrogens is 304 g/mol. The molecule has 0 unspecified atom stereocenters. The number of nitrogens with zero attached hydrogens (tertiary/aromatic N) is 1. The van der Waals surface area contributed by atoms with Crippen molar-refractivity contribution in [1.29, 1.82) is 0 Å². The Labute approximate surface area is 139 Å². The van der Waals surface area contributed by atoms with Gasteiger partial charge in [-0.2, -0.15) is 0 Å². The molecule has 0 aliphatic carbocycles. The molecule has 122 valence electrons. The average molecular weight is 322 g/mol. The van der Waals surface area contributed by atoms with Crippen molar-refractivity contribution in [1.82, 2.24) is 20.6 Å². The number of carbonyl (C=O) groups excluding carboxylic acids is 2. The molecule has 1 aromatic heterocycles. The first-order chi connectivity index (χ1) is 11.7. The van der Waals surface area contributed by atoms with Crippen LogP contribution in [0.2, 0.25) is 0 Å². The minimum Gasteiger partial charge on any atom is -0.347 e. The van der Waals surface area contributed by atoms with E-state index in [1.165, 1.54) is 0 Å². The highest BCUT2D eigenvalue weighted by Crippen LogP contribution is 2.09. The van der Waals surface area contributed by atoms with Gasteiger partial charge in [-0.1, -0.05) is 42.5 Å². The molecule has 2 amide bonds. The maximum atomic E-state index is 11.8. The van der Waals surface area contributed by atoms with Crippen molar-refractivity contribution in [2.24, 2.45) is 0 Å². The lowest BCUT2D eigenvalue weighted by molar-refractivity contribution is -0.125. The second-order valence-electron chi connectivity index (χ2n) is 5.42. The predicted octanol–water partition coefficient (Wildman–Crippen LogP) is 1.54. The summed E-state index contributed by atoms with van der Waals surface area (Å²) in [6.07, 6.45) is 0.262. The first kappa shape index (κ1) is 15.7. The van der Waals surface area contributed by atoms with Crippen LogP contribution in [0.25, 0.3) is 11.0 Å². The number of fused-ring (bicyclic) bond motifs is 1. The highest BCUT2D eigenvalue weighted by Gasteiger charge is 2.07. The standard InChI is InChI=1S/C18H18N4O2/c23-17(10-13-6-2-1-3-7-13)20-12-18(24)19-11-16-21-14-8-4-5-9-15(14)22-16/h1-9H,10-12H2,(H,19,24)(H,20,23)(H,21,22). The number of hydrogen-bond donors (Lipinski definition) is 3. The van der Waals surface area contributed by atoms with Gasteiger partial charge in [-0.05, 0) is 17.7 Å². The molecule has 0 spiro atoms. The monoisotopic (exact) mass is 322 g/mol. The third-order valence-corrected chi connectivity index (χ3v) is 3.55. The van der Waals surface area contributed by atoms with E-state index in [1.54, 1.807) is 0 Å². The first-order valence-corrected chi connectivity index (χ1v) is 7.71. The number of nitrogens with one attached hydrogen (secondary N) is 3. The van der Waals surface area contributed by atoms with Gasteiger partial charge in [0.2, 0.25) is 11.8 Å². The Balaban J connectivity index is 1.43. The Morgan fingerprint density at radius 3 is 2.46 bits per heavy atom. The van der Waals surface area contributed by atoms with E-state index in [4.69, 9.17) is 0 Å². The van der Waals surface area contributed by atoms with Gasteiger partial charge >= 0.3 is 0 Å². The van der Waals surface area contributed by atoms with Crippen LogP contribution in [0, 0.1) is 0 Å². The van der Waals surface area contributed by atoms with E-state index in [-0.39, 0.29) is 24.8 Å². The number of aromatic nitrogens is 2. The lowest BCUT2D eigenvalue weighted by Gasteiger charge is -2.06. The minimum atomic E-state index is -0.253. The summed E-state index contributed by atoms with van der Waals surface area (Å²) in [6, 6.07) is 17.1. The second-order valence-corrected chi connectivity index (χ2v) is 5.42. The van der Waals surface area contributed by atoms with E-state index < -0.39 is 0 Å². The van der Waals surface area contributed by atoms with Crippen LogP contribution in [0.3, 0.4) is 0 Å². The maximum Gasteiger partial charge on any atom is 0.239 e. The summed E-state index contributed by atoms with van der Waals surface area (Å²) in [4.78, 5) is 31.1. The molecule has 0 atom stereocenters. The topological polar surface area (TPSA) is 86.9 Å². The van der Waals surface area contributed by atoms with Gasteiger partial charge in [0.25, 0.3) is 0 Å². The molecule has 3 aromatic rings. The molecule has 3 rings (SSSR count). The number of imidazole rings is 1. The van der Waals surface area contributed by atoms with Crippen molar-refractivity contribution in [2.75, 3.05) is 6.54 Å². The van der Waals surface area contributed by atoms with Gasteiger partial charge in [0.15, 0.2) is 0 Å². The van der Waals surface area contributed by atoms with Crippen molar-refractivity contribution >= 4 is 22.8 Å². The molecule has 0 aliphatic heterocycles. The van der Waals surface area contributed by atoms with E-state index in [0.29, 0.717) is 12.4 Å². The Morgan fingerprint density at radius 1 is 0.917 bits per heavy atom. The zero-order chi connectivity index (χ0) is 16.8. The molecule has 1 heterocycles. The third-order valence-electron chi connectivity index (χ3n) is 3.55. The minimum absolute atomic E-state index is 0.0497. The summed E-state index contributed by atoms with van der Waals surface area (Å²) in [6.45, 7) is 0.244. The first-order valence-electron chi connectivity index (χ1n) is 7.71. The van der Waals surface area contributed by atoms with Crippen LogP contribution in [0.1, 0.15) is 11.4 Å². The fourth-order valence-electron chi connectivity index (χ4n) is 2.36. The number of aromatic amines is 1. The number of amides is 2. The van der Waals surface area contributed by atoms with Crippen molar-refractivity contribution in [2.45, 2.75) is 13.0 Å². The van der Waals surface area contributed by atoms with Crippen LogP contribution in [-0.2, 0) is 22.6 Å². The molecule has 0 bridgehead atoms. The number of H-pyrrole nitrogens is 1. The van der Waals surface area contributed by atoms with Gasteiger partial charge in [0.05, 0.1) is 30.5 Å². The average Bonchev–Trinajstić information content (AvgIpc) is 3.02. The number of benzene rings is 2. The van der Waals surface area contributed by atoms with E-state index >= 15 is 0 Å². The molecule has 6 heteroatoms. The van der Waals surface area contributed by atoms with E-state index in [1.807, 2.05) is 54.6 Å². The van der Waals surface area contributed by atoms with Crippen LogP contribution in [0.15, 0.2) is 54.6 Å². The number of rotatable bonds is 6. The lowest BCUT2D eigenvalue weighted by atomic mass is 10.1. The van der Waals surface area contributed by atoms with Crippen LogP contribution in [0.4, 0.5) is 0 Å². The highest BCUT2D eigenvalue weighted by molar-refractivity contribution is 5.85. The molecule has 6 nitrogen and oxygen atoms in total. The van der Waals surface area contributed by atoms with Gasteiger partial charge in [-0.3, -0.25) is 9.59 Å². The van der Waals surface area contributed by atoms with Crippen LogP contribution < -0.4 is 10.6 Å². The highest BCUT2D eigenvalue weighted by atomic mass is 16.2. The summed E-state index contributed by atoms with van der Waals surface area (Å²) in [7, 11) is 0. The second kappa shape index (κ2) is 7.41. The Bertz CT molecular complexity index is 809. The van der Waals surface area contributed by atoms with Crippen LogP contribution in [-0.4, -0.2) is 28.3 Å². The van der Waals surface area contributed by atoms with Gasteiger partial charge in [0.1, 0.15) is 5.82 Å². The Kier molecular flexibility index (Phi) is 4.86. The predicted molar refractivity (Wildman–Crippen MR) is 91.1 cm³/mol. The number of hydrogen-bond acceptors (Lipinski definition) is 3. The van der Waals surface area contributed by atoms with Crippen molar-refractivity contribution in [3.63, 3.8) is 0 Å². The summed E-state index contributed by atoms with van der Waals surface area (Å²) < 4.78 is 0. The molecule has 0 saturated heterocycles. The molecule has 0 aliphatic rings. The van der Waals surface area contributed by atoms with Gasteiger partial charge in [0, 0.05) is 0 Å². The Hall–Kier alpha value is -3.15. The molecule has 2 aromatic carbocycles. The fraction of sp³-hybridized carbons (Fsp3) is 0.167. The molecule has 0 radical (unpaired) electrons. The lowest BCUT2D eigenvalue weighted by Crippen LogP contribution is -2.37. The van der Waals surface area contributed by atoms with Crippen molar-refractivity contribution in [3.05, 3.63) is 66.0 Å². The van der Waals surface area contributed by atoms with Crippen LogP contribution in [0.5, 0.6) is 0 Å². The summed E-state index contributed by atoms with van der Waals surface area (Å²) >= 11 is 0. The third kappa shape index (κ3) is 4.19. The van der Waals surface area contributed by atoms with Crippen molar-refractivity contribution < 1.29 is 9.59 Å².